The standard InChI is InChI=1S/C14H14ClNOS/c1-8-4-5-11(6-9(8)2)13-10(3)18-14(16-13)12(17)7-15/h4-6H,7H2,1-3H3. The summed E-state index contributed by atoms with van der Waals surface area (Å²) in [5.74, 6) is -0.126. The van der Waals surface area contributed by atoms with E-state index in [0.717, 1.165) is 16.1 Å². The van der Waals surface area contributed by atoms with Gasteiger partial charge in [0.15, 0.2) is 5.01 Å². The molecule has 0 aliphatic rings. The molecular weight excluding hydrogens is 266 g/mol. The van der Waals surface area contributed by atoms with E-state index >= 15 is 0 Å². The monoisotopic (exact) mass is 279 g/mol. The zero-order valence-electron chi connectivity index (χ0n) is 10.6. The molecule has 94 valence electrons. The lowest BCUT2D eigenvalue weighted by atomic mass is 10.0. The number of hydrogen-bond acceptors (Lipinski definition) is 3. The maximum Gasteiger partial charge on any atom is 0.206 e. The van der Waals surface area contributed by atoms with Crippen molar-refractivity contribution >= 4 is 28.7 Å². The Balaban J connectivity index is 2.47. The van der Waals surface area contributed by atoms with Crippen molar-refractivity contribution in [1.29, 1.82) is 0 Å². The zero-order chi connectivity index (χ0) is 13.3. The van der Waals surface area contributed by atoms with Crippen LogP contribution in [0.5, 0.6) is 0 Å². The summed E-state index contributed by atoms with van der Waals surface area (Å²) < 4.78 is 0. The van der Waals surface area contributed by atoms with Crippen LogP contribution in [-0.4, -0.2) is 16.6 Å². The molecule has 0 aliphatic carbocycles. The average Bonchev–Trinajstić information content (AvgIpc) is 2.74. The maximum atomic E-state index is 11.5. The number of hydrogen-bond donors (Lipinski definition) is 0. The molecule has 0 bridgehead atoms. The highest BCUT2D eigenvalue weighted by Crippen LogP contribution is 2.29. The predicted octanol–water partition coefficient (Wildman–Crippen LogP) is 4.16. The Morgan fingerprint density at radius 1 is 1.28 bits per heavy atom. The van der Waals surface area contributed by atoms with Crippen LogP contribution in [0.4, 0.5) is 0 Å². The van der Waals surface area contributed by atoms with Crippen molar-refractivity contribution in [3.05, 3.63) is 39.2 Å². The molecule has 0 saturated heterocycles. The summed E-state index contributed by atoms with van der Waals surface area (Å²) in [5.41, 5.74) is 4.42. The quantitative estimate of drug-likeness (QED) is 0.624. The van der Waals surface area contributed by atoms with Crippen LogP contribution in [0, 0.1) is 20.8 Å². The second kappa shape index (κ2) is 5.21. The topological polar surface area (TPSA) is 30.0 Å². The molecule has 2 aromatic rings. The number of nitrogens with zero attached hydrogens (tertiary/aromatic N) is 1. The lowest BCUT2D eigenvalue weighted by Crippen LogP contribution is -1.98. The minimum Gasteiger partial charge on any atom is -0.290 e. The highest BCUT2D eigenvalue weighted by molar-refractivity contribution is 7.14. The first-order valence-corrected chi connectivity index (χ1v) is 7.02. The molecule has 0 saturated carbocycles. The van der Waals surface area contributed by atoms with Gasteiger partial charge in [-0.15, -0.1) is 22.9 Å². The van der Waals surface area contributed by atoms with Crippen LogP contribution >= 0.6 is 22.9 Å². The van der Waals surface area contributed by atoms with Crippen molar-refractivity contribution in [3.8, 4) is 11.3 Å². The third-order valence-electron chi connectivity index (χ3n) is 2.94. The molecule has 1 heterocycles. The second-order valence-electron chi connectivity index (χ2n) is 4.28. The van der Waals surface area contributed by atoms with Crippen LogP contribution in [0.25, 0.3) is 11.3 Å². The minimum atomic E-state index is -0.111. The molecule has 0 fully saturated rings. The molecule has 0 amide bonds. The van der Waals surface area contributed by atoms with Crippen molar-refractivity contribution in [2.75, 3.05) is 5.88 Å². The second-order valence-corrected chi connectivity index (χ2v) is 5.75. The molecule has 2 nitrogen and oxygen atoms in total. The van der Waals surface area contributed by atoms with Crippen LogP contribution in [0.15, 0.2) is 18.2 Å². The average molecular weight is 280 g/mol. The Morgan fingerprint density at radius 2 is 2.00 bits per heavy atom. The smallest absolute Gasteiger partial charge is 0.206 e. The number of aromatic nitrogens is 1. The van der Waals surface area contributed by atoms with Crippen LogP contribution in [0.2, 0.25) is 0 Å². The molecule has 0 spiro atoms. The number of halogens is 1. The van der Waals surface area contributed by atoms with Crippen LogP contribution in [-0.2, 0) is 0 Å². The molecule has 1 aromatic carbocycles. The Kier molecular flexibility index (Phi) is 3.83. The SMILES string of the molecule is Cc1ccc(-c2nc(C(=O)CCl)sc2C)cc1C. The first-order valence-electron chi connectivity index (χ1n) is 5.67. The Morgan fingerprint density at radius 3 is 2.61 bits per heavy atom. The van der Waals surface area contributed by atoms with Gasteiger partial charge in [0.05, 0.1) is 11.6 Å². The predicted molar refractivity (Wildman–Crippen MR) is 76.8 cm³/mol. The van der Waals surface area contributed by atoms with Gasteiger partial charge in [-0.1, -0.05) is 12.1 Å². The van der Waals surface area contributed by atoms with Gasteiger partial charge in [-0.2, -0.15) is 0 Å². The minimum absolute atomic E-state index is 0.0146. The van der Waals surface area contributed by atoms with E-state index in [9.17, 15) is 4.79 Å². The summed E-state index contributed by atoms with van der Waals surface area (Å²) in [4.78, 5) is 17.0. The fraction of sp³-hybridized carbons (Fsp3) is 0.286. The van der Waals surface area contributed by atoms with E-state index in [4.69, 9.17) is 11.6 Å². The van der Waals surface area contributed by atoms with E-state index in [1.54, 1.807) is 0 Å². The van der Waals surface area contributed by atoms with Crippen LogP contribution in [0.1, 0.15) is 25.8 Å². The van der Waals surface area contributed by atoms with Crippen molar-refractivity contribution in [1.82, 2.24) is 4.98 Å². The molecule has 2 rings (SSSR count). The number of thiazole rings is 1. The van der Waals surface area contributed by atoms with E-state index in [-0.39, 0.29) is 11.7 Å². The lowest BCUT2D eigenvalue weighted by molar-refractivity contribution is 0.102. The van der Waals surface area contributed by atoms with Crippen LogP contribution < -0.4 is 0 Å². The first kappa shape index (κ1) is 13.2. The number of alkyl halides is 1. The van der Waals surface area contributed by atoms with E-state index in [0.29, 0.717) is 5.01 Å². The van der Waals surface area contributed by atoms with Crippen molar-refractivity contribution in [3.63, 3.8) is 0 Å². The fourth-order valence-corrected chi connectivity index (χ4v) is 2.81. The highest BCUT2D eigenvalue weighted by Gasteiger charge is 2.15. The molecule has 4 heteroatoms. The van der Waals surface area contributed by atoms with Gasteiger partial charge in [0.1, 0.15) is 0 Å². The molecule has 1 aromatic heterocycles. The van der Waals surface area contributed by atoms with Gasteiger partial charge in [-0.25, -0.2) is 4.98 Å². The third-order valence-corrected chi connectivity index (χ3v) is 4.19. The number of benzene rings is 1. The van der Waals surface area contributed by atoms with Gasteiger partial charge in [-0.3, -0.25) is 4.79 Å². The number of carbonyl (C=O) groups excluding carboxylic acids is 1. The van der Waals surface area contributed by atoms with Crippen molar-refractivity contribution in [2.24, 2.45) is 0 Å². The summed E-state index contributed by atoms with van der Waals surface area (Å²) in [6.07, 6.45) is 0. The first-order chi connectivity index (χ1) is 8.52. The zero-order valence-corrected chi connectivity index (χ0v) is 12.2. The molecule has 0 unspecified atom stereocenters. The summed E-state index contributed by atoms with van der Waals surface area (Å²) in [7, 11) is 0. The van der Waals surface area contributed by atoms with Crippen molar-refractivity contribution in [2.45, 2.75) is 20.8 Å². The van der Waals surface area contributed by atoms with Gasteiger partial charge in [-0.05, 0) is 38.0 Å². The Bertz CT molecular complexity index is 604. The van der Waals surface area contributed by atoms with Crippen molar-refractivity contribution < 1.29 is 4.79 Å². The molecule has 0 aliphatic heterocycles. The van der Waals surface area contributed by atoms with E-state index in [1.165, 1.54) is 22.5 Å². The van der Waals surface area contributed by atoms with Gasteiger partial charge < -0.3 is 0 Å². The maximum absolute atomic E-state index is 11.5. The van der Waals surface area contributed by atoms with Gasteiger partial charge in [0.2, 0.25) is 5.78 Å². The molecule has 18 heavy (non-hydrogen) atoms. The number of carbonyl (C=O) groups is 1. The molecule has 0 N–H and O–H groups in total. The fourth-order valence-electron chi connectivity index (χ4n) is 1.73. The van der Waals surface area contributed by atoms with Gasteiger partial charge in [0, 0.05) is 10.4 Å². The molecule has 0 atom stereocenters. The number of ketones is 1. The van der Waals surface area contributed by atoms with Crippen LogP contribution in [0.3, 0.4) is 0 Å². The van der Waals surface area contributed by atoms with Gasteiger partial charge in [0.25, 0.3) is 0 Å². The van der Waals surface area contributed by atoms with E-state index < -0.39 is 0 Å². The Labute approximate surface area is 116 Å². The highest BCUT2D eigenvalue weighted by atomic mass is 35.5. The lowest BCUT2D eigenvalue weighted by Gasteiger charge is -2.03. The summed E-state index contributed by atoms with van der Waals surface area (Å²) in [5, 5.41) is 0.496. The Hall–Kier alpha value is -1.19. The molecule has 0 radical (unpaired) electrons. The summed E-state index contributed by atoms with van der Waals surface area (Å²) >= 11 is 6.96. The molecular formula is C14H14ClNOS. The number of aryl methyl sites for hydroxylation is 3. The third kappa shape index (κ3) is 2.47. The number of Topliss-reactive ketones (excluding diaryl/α,β-unsaturated/α-hetero) is 1. The summed E-state index contributed by atoms with van der Waals surface area (Å²) in [6.45, 7) is 6.13. The van der Waals surface area contributed by atoms with E-state index in [2.05, 4.69) is 31.0 Å². The summed E-state index contributed by atoms with van der Waals surface area (Å²) in [6, 6.07) is 6.22. The number of rotatable bonds is 3. The normalized spacial score (nSPS) is 10.7. The van der Waals surface area contributed by atoms with E-state index in [1.807, 2.05) is 13.0 Å². The van der Waals surface area contributed by atoms with Gasteiger partial charge >= 0.3 is 0 Å². The largest absolute Gasteiger partial charge is 0.290 e.